The highest BCUT2D eigenvalue weighted by Gasteiger charge is 2.46. The van der Waals surface area contributed by atoms with Gasteiger partial charge in [0.1, 0.15) is 11.5 Å². The number of para-hydroxylation sites is 1. The van der Waals surface area contributed by atoms with Crippen LogP contribution in [0.2, 0.25) is 0 Å². The molecule has 6 heteroatoms. The van der Waals surface area contributed by atoms with Gasteiger partial charge in [0.05, 0.1) is 17.2 Å². The number of aryl methyl sites for hydroxylation is 1. The number of rotatable bonds is 5. The van der Waals surface area contributed by atoms with E-state index in [9.17, 15) is 19.8 Å². The number of carbonyl (C=O) groups is 2. The second-order valence-corrected chi connectivity index (χ2v) is 7.22. The van der Waals surface area contributed by atoms with Crippen LogP contribution in [0.25, 0.3) is 5.76 Å². The molecule has 3 rings (SSSR count). The van der Waals surface area contributed by atoms with Gasteiger partial charge in [-0.3, -0.25) is 9.59 Å². The number of Topliss-reactive ketones (excluding diaryl/α,β-unsaturated/α-hetero) is 1. The zero-order valence-corrected chi connectivity index (χ0v) is 16.2. The van der Waals surface area contributed by atoms with Crippen molar-refractivity contribution in [2.75, 3.05) is 27.2 Å². The molecule has 2 aromatic rings. The monoisotopic (exact) mass is 380 g/mol. The third kappa shape index (κ3) is 3.64. The zero-order valence-electron chi connectivity index (χ0n) is 16.2. The van der Waals surface area contributed by atoms with E-state index in [0.29, 0.717) is 13.1 Å². The Morgan fingerprint density at radius 1 is 1.07 bits per heavy atom. The molecule has 0 saturated carbocycles. The molecule has 1 saturated heterocycles. The van der Waals surface area contributed by atoms with Crippen molar-refractivity contribution in [1.82, 2.24) is 9.80 Å². The fourth-order valence-electron chi connectivity index (χ4n) is 3.33. The van der Waals surface area contributed by atoms with Crippen molar-refractivity contribution in [3.05, 3.63) is 70.8 Å². The normalized spacial score (nSPS) is 18.9. The number of likely N-dealkylation sites (N-methyl/N-ethyl adjacent to an activating group) is 1. The molecule has 1 aliphatic heterocycles. The summed E-state index contributed by atoms with van der Waals surface area (Å²) in [6.45, 7) is 2.87. The second-order valence-electron chi connectivity index (χ2n) is 7.22. The molecular formula is C22H24N2O4. The number of hydrogen-bond donors (Lipinski definition) is 2. The number of ketones is 1. The third-order valence-electron chi connectivity index (χ3n) is 4.88. The molecule has 146 valence electrons. The first-order chi connectivity index (χ1) is 13.3. The standard InChI is InChI=1S/C22H24N2O4/c1-14-8-10-15(11-9-14)19-18(20(26)16-6-4-5-7-17(16)25)21(27)22(28)24(19)13-12-23(2)3/h4-11,19,25-26H,12-13H2,1-3H3/b20-18+. The highest BCUT2D eigenvalue weighted by molar-refractivity contribution is 6.46. The van der Waals surface area contributed by atoms with Crippen LogP contribution in [0, 0.1) is 6.92 Å². The molecular weight excluding hydrogens is 356 g/mol. The Kier molecular flexibility index (Phi) is 5.51. The van der Waals surface area contributed by atoms with Gasteiger partial charge in [-0.05, 0) is 38.7 Å². The van der Waals surface area contributed by atoms with Gasteiger partial charge in [0.15, 0.2) is 0 Å². The van der Waals surface area contributed by atoms with E-state index < -0.39 is 17.7 Å². The van der Waals surface area contributed by atoms with Gasteiger partial charge in [0.2, 0.25) is 0 Å². The van der Waals surface area contributed by atoms with E-state index in [2.05, 4.69) is 0 Å². The molecule has 1 aliphatic rings. The first-order valence-corrected chi connectivity index (χ1v) is 9.09. The summed E-state index contributed by atoms with van der Waals surface area (Å²) in [7, 11) is 3.78. The first-order valence-electron chi connectivity index (χ1n) is 9.09. The molecule has 6 nitrogen and oxygen atoms in total. The molecule has 0 radical (unpaired) electrons. The Bertz CT molecular complexity index is 932. The summed E-state index contributed by atoms with van der Waals surface area (Å²) in [6, 6.07) is 13.0. The van der Waals surface area contributed by atoms with Crippen molar-refractivity contribution in [3.63, 3.8) is 0 Å². The average Bonchev–Trinajstić information content (AvgIpc) is 2.91. The topological polar surface area (TPSA) is 81.1 Å². The maximum Gasteiger partial charge on any atom is 0.295 e. The molecule has 0 aromatic heterocycles. The minimum atomic E-state index is -0.745. The number of benzene rings is 2. The lowest BCUT2D eigenvalue weighted by molar-refractivity contribution is -0.140. The molecule has 1 unspecified atom stereocenters. The number of nitrogens with zero attached hydrogens (tertiary/aromatic N) is 2. The lowest BCUT2D eigenvalue weighted by atomic mass is 9.94. The van der Waals surface area contributed by atoms with Crippen molar-refractivity contribution in [3.8, 4) is 5.75 Å². The van der Waals surface area contributed by atoms with E-state index in [-0.39, 0.29) is 22.6 Å². The van der Waals surface area contributed by atoms with Crippen LogP contribution in [0.4, 0.5) is 0 Å². The number of aromatic hydroxyl groups is 1. The van der Waals surface area contributed by atoms with Crippen LogP contribution < -0.4 is 0 Å². The molecule has 0 spiro atoms. The van der Waals surface area contributed by atoms with Gasteiger partial charge in [-0.15, -0.1) is 0 Å². The molecule has 2 N–H and O–H groups in total. The highest BCUT2D eigenvalue weighted by Crippen LogP contribution is 2.40. The minimum Gasteiger partial charge on any atom is -0.507 e. The molecule has 0 aliphatic carbocycles. The SMILES string of the molecule is Cc1ccc(C2/C(=C(\O)c3ccccc3O)C(=O)C(=O)N2CCN(C)C)cc1. The molecule has 2 aromatic carbocycles. The van der Waals surface area contributed by atoms with Crippen LogP contribution in [-0.2, 0) is 9.59 Å². The van der Waals surface area contributed by atoms with Crippen LogP contribution in [0.1, 0.15) is 22.7 Å². The molecule has 28 heavy (non-hydrogen) atoms. The third-order valence-corrected chi connectivity index (χ3v) is 4.88. The quantitative estimate of drug-likeness (QED) is 0.474. The molecule has 0 bridgehead atoms. The van der Waals surface area contributed by atoms with E-state index >= 15 is 0 Å². The van der Waals surface area contributed by atoms with Gasteiger partial charge < -0.3 is 20.0 Å². The van der Waals surface area contributed by atoms with Gasteiger partial charge in [-0.25, -0.2) is 0 Å². The Hall–Kier alpha value is -3.12. The lowest BCUT2D eigenvalue weighted by Gasteiger charge is -2.26. The minimum absolute atomic E-state index is 0.00545. The number of aliphatic hydroxyl groups is 1. The number of aliphatic hydroxyl groups excluding tert-OH is 1. The van der Waals surface area contributed by atoms with Gasteiger partial charge in [0.25, 0.3) is 11.7 Å². The van der Waals surface area contributed by atoms with Crippen LogP contribution in [0.15, 0.2) is 54.1 Å². The Morgan fingerprint density at radius 3 is 2.32 bits per heavy atom. The summed E-state index contributed by atoms with van der Waals surface area (Å²) >= 11 is 0. The van der Waals surface area contributed by atoms with E-state index in [4.69, 9.17) is 0 Å². The number of phenols is 1. The molecule has 1 amide bonds. The predicted octanol–water partition coefficient (Wildman–Crippen LogP) is 2.68. The molecule has 1 fully saturated rings. The Labute approximate surface area is 164 Å². The van der Waals surface area contributed by atoms with Crippen molar-refractivity contribution < 1.29 is 19.8 Å². The number of likely N-dealkylation sites (tertiary alicyclic amines) is 1. The van der Waals surface area contributed by atoms with Gasteiger partial charge in [-0.2, -0.15) is 0 Å². The smallest absolute Gasteiger partial charge is 0.295 e. The Morgan fingerprint density at radius 2 is 1.71 bits per heavy atom. The number of phenolic OH excluding ortho intramolecular Hbond substituents is 1. The highest BCUT2D eigenvalue weighted by atomic mass is 16.3. The van der Waals surface area contributed by atoms with E-state index in [0.717, 1.165) is 11.1 Å². The fraction of sp³-hybridized carbons (Fsp3) is 0.273. The maximum absolute atomic E-state index is 12.8. The second kappa shape index (κ2) is 7.86. The van der Waals surface area contributed by atoms with Gasteiger partial charge in [-0.1, -0.05) is 42.0 Å². The summed E-state index contributed by atoms with van der Waals surface area (Å²) < 4.78 is 0. The van der Waals surface area contributed by atoms with Crippen LogP contribution in [0.3, 0.4) is 0 Å². The maximum atomic E-state index is 12.8. The summed E-state index contributed by atoms with van der Waals surface area (Å²) in [5.74, 6) is -1.91. The van der Waals surface area contributed by atoms with Crippen molar-refractivity contribution in [1.29, 1.82) is 0 Å². The molecule has 1 atom stereocenters. The first kappa shape index (κ1) is 19.6. The predicted molar refractivity (Wildman–Crippen MR) is 107 cm³/mol. The van der Waals surface area contributed by atoms with Crippen molar-refractivity contribution in [2.45, 2.75) is 13.0 Å². The number of carbonyl (C=O) groups excluding carboxylic acids is 2. The summed E-state index contributed by atoms with van der Waals surface area (Å²) in [5.41, 5.74) is 1.91. The zero-order chi connectivity index (χ0) is 20.4. The van der Waals surface area contributed by atoms with E-state index in [1.165, 1.54) is 17.0 Å². The van der Waals surface area contributed by atoms with Gasteiger partial charge in [0, 0.05) is 13.1 Å². The number of amides is 1. The number of hydrogen-bond acceptors (Lipinski definition) is 5. The van der Waals surface area contributed by atoms with Crippen LogP contribution >= 0.6 is 0 Å². The van der Waals surface area contributed by atoms with E-state index in [1.807, 2.05) is 50.2 Å². The summed E-state index contributed by atoms with van der Waals surface area (Å²) in [4.78, 5) is 29.0. The van der Waals surface area contributed by atoms with Crippen LogP contribution in [-0.4, -0.2) is 58.9 Å². The van der Waals surface area contributed by atoms with Crippen molar-refractivity contribution in [2.24, 2.45) is 0 Å². The van der Waals surface area contributed by atoms with Gasteiger partial charge >= 0.3 is 0 Å². The Balaban J connectivity index is 2.16. The average molecular weight is 380 g/mol. The van der Waals surface area contributed by atoms with Crippen molar-refractivity contribution >= 4 is 17.4 Å². The molecule has 1 heterocycles. The lowest BCUT2D eigenvalue weighted by Crippen LogP contribution is -2.35. The van der Waals surface area contributed by atoms with Crippen LogP contribution in [0.5, 0.6) is 5.75 Å². The summed E-state index contributed by atoms with van der Waals surface area (Å²) in [6.07, 6.45) is 0. The van der Waals surface area contributed by atoms with E-state index in [1.54, 1.807) is 12.1 Å². The summed E-state index contributed by atoms with van der Waals surface area (Å²) in [5, 5.41) is 21.0. The largest absolute Gasteiger partial charge is 0.507 e. The fourth-order valence-corrected chi connectivity index (χ4v) is 3.33.